The molecule has 3 aliphatic rings. The molecular formula is C19H23N3O4S. The van der Waals surface area contributed by atoms with E-state index >= 15 is 0 Å². The van der Waals surface area contributed by atoms with E-state index in [-0.39, 0.29) is 28.4 Å². The number of amides is 2. The van der Waals surface area contributed by atoms with Gasteiger partial charge in [-0.1, -0.05) is 18.9 Å². The molecule has 2 aliphatic heterocycles. The van der Waals surface area contributed by atoms with Gasteiger partial charge in [0.1, 0.15) is 6.04 Å². The van der Waals surface area contributed by atoms with Crippen molar-refractivity contribution in [3.63, 3.8) is 0 Å². The van der Waals surface area contributed by atoms with Crippen molar-refractivity contribution in [3.8, 4) is 0 Å². The lowest BCUT2D eigenvalue weighted by Crippen LogP contribution is -2.53. The van der Waals surface area contributed by atoms with E-state index in [1.165, 1.54) is 12.1 Å². The first-order valence-corrected chi connectivity index (χ1v) is 10.4. The Bertz CT molecular complexity index is 795. The molecule has 1 aromatic carbocycles. The second-order valence-corrected chi connectivity index (χ2v) is 9.19. The standard InChI is InChI=1S/C19H23N3O4S/c1-19-10-9-17(23)21(19)16(12-27-19)18(24)20(13-5-2-3-6-13)14-7-4-8-15(11-14)22(25)26/h4,7-8,11,13,16H,2-3,5-6,9-10,12H2,1H3. The zero-order valence-corrected chi connectivity index (χ0v) is 16.1. The Morgan fingerprint density at radius 2 is 2.11 bits per heavy atom. The summed E-state index contributed by atoms with van der Waals surface area (Å²) in [5, 5.41) is 11.2. The molecule has 1 aliphatic carbocycles. The molecule has 2 unspecified atom stereocenters. The quantitative estimate of drug-likeness (QED) is 0.583. The van der Waals surface area contributed by atoms with Gasteiger partial charge in [-0.2, -0.15) is 0 Å². The van der Waals surface area contributed by atoms with Crippen molar-refractivity contribution in [2.45, 2.75) is 62.4 Å². The average Bonchev–Trinajstić information content (AvgIpc) is 3.34. The lowest BCUT2D eigenvalue weighted by Gasteiger charge is -2.35. The topological polar surface area (TPSA) is 83.8 Å². The zero-order valence-electron chi connectivity index (χ0n) is 15.3. The fourth-order valence-corrected chi connectivity index (χ4v) is 6.02. The summed E-state index contributed by atoms with van der Waals surface area (Å²) in [4.78, 5) is 40.0. The monoisotopic (exact) mass is 389 g/mol. The number of carbonyl (C=O) groups is 2. The highest BCUT2D eigenvalue weighted by molar-refractivity contribution is 8.01. The number of rotatable bonds is 4. The third-order valence-corrected chi connectivity index (χ3v) is 7.48. The third kappa shape index (κ3) is 3.09. The fraction of sp³-hybridized carbons (Fsp3) is 0.579. The first kappa shape index (κ1) is 18.3. The van der Waals surface area contributed by atoms with E-state index in [0.717, 1.165) is 32.1 Å². The number of nitro groups is 1. The van der Waals surface area contributed by atoms with Gasteiger partial charge < -0.3 is 9.80 Å². The van der Waals surface area contributed by atoms with Crippen molar-refractivity contribution < 1.29 is 14.5 Å². The third-order valence-electron chi connectivity index (χ3n) is 5.98. The van der Waals surface area contributed by atoms with Crippen molar-refractivity contribution in [2.75, 3.05) is 10.7 Å². The molecule has 2 heterocycles. The maximum atomic E-state index is 13.6. The smallest absolute Gasteiger partial charge is 0.271 e. The molecule has 3 fully saturated rings. The van der Waals surface area contributed by atoms with E-state index in [9.17, 15) is 19.7 Å². The van der Waals surface area contributed by atoms with Gasteiger partial charge in [0.25, 0.3) is 11.6 Å². The highest BCUT2D eigenvalue weighted by atomic mass is 32.2. The Morgan fingerprint density at radius 1 is 1.37 bits per heavy atom. The van der Waals surface area contributed by atoms with Gasteiger partial charge in [0.2, 0.25) is 5.91 Å². The predicted molar refractivity (Wildman–Crippen MR) is 104 cm³/mol. The van der Waals surface area contributed by atoms with Gasteiger partial charge in [-0.15, -0.1) is 11.8 Å². The zero-order chi connectivity index (χ0) is 19.2. The molecule has 1 saturated carbocycles. The van der Waals surface area contributed by atoms with E-state index in [0.29, 0.717) is 17.9 Å². The number of thioether (sulfide) groups is 1. The van der Waals surface area contributed by atoms with Crippen LogP contribution in [0.25, 0.3) is 0 Å². The van der Waals surface area contributed by atoms with Crippen molar-refractivity contribution in [1.29, 1.82) is 0 Å². The number of non-ortho nitro benzene ring substituents is 1. The van der Waals surface area contributed by atoms with Crippen molar-refractivity contribution in [1.82, 2.24) is 4.90 Å². The number of anilines is 1. The van der Waals surface area contributed by atoms with E-state index < -0.39 is 11.0 Å². The Hall–Kier alpha value is -2.09. The number of nitro benzene ring substituents is 1. The normalized spacial score (nSPS) is 27.8. The maximum Gasteiger partial charge on any atom is 0.271 e. The number of fused-ring (bicyclic) bond motifs is 1. The van der Waals surface area contributed by atoms with Gasteiger partial charge in [0.15, 0.2) is 0 Å². The molecule has 0 aromatic heterocycles. The largest absolute Gasteiger partial charge is 0.315 e. The SMILES string of the molecule is CC12CCC(=O)N1C(C(=O)N(c1cccc([N+](=O)[O-])c1)C1CCCC1)CS2. The summed E-state index contributed by atoms with van der Waals surface area (Å²) in [5.41, 5.74) is 0.539. The maximum absolute atomic E-state index is 13.6. The van der Waals surface area contributed by atoms with Gasteiger partial charge >= 0.3 is 0 Å². The lowest BCUT2D eigenvalue weighted by atomic mass is 10.1. The molecule has 7 nitrogen and oxygen atoms in total. The van der Waals surface area contributed by atoms with Crippen molar-refractivity contribution >= 4 is 35.0 Å². The van der Waals surface area contributed by atoms with Crippen LogP contribution in [0.3, 0.4) is 0 Å². The molecule has 2 saturated heterocycles. The first-order valence-electron chi connectivity index (χ1n) is 9.44. The van der Waals surface area contributed by atoms with Crippen LogP contribution < -0.4 is 4.90 Å². The van der Waals surface area contributed by atoms with Crippen LogP contribution in [0, 0.1) is 10.1 Å². The summed E-state index contributed by atoms with van der Waals surface area (Å²) < 4.78 is 0. The molecule has 0 bridgehead atoms. The van der Waals surface area contributed by atoms with Crippen LogP contribution in [0.4, 0.5) is 11.4 Å². The average molecular weight is 389 g/mol. The van der Waals surface area contributed by atoms with Crippen LogP contribution >= 0.6 is 11.8 Å². The van der Waals surface area contributed by atoms with Crippen LogP contribution in [0.5, 0.6) is 0 Å². The summed E-state index contributed by atoms with van der Waals surface area (Å²) in [6.45, 7) is 2.03. The molecule has 2 amide bonds. The Morgan fingerprint density at radius 3 is 2.81 bits per heavy atom. The summed E-state index contributed by atoms with van der Waals surface area (Å²) in [7, 11) is 0. The van der Waals surface area contributed by atoms with E-state index in [1.54, 1.807) is 33.7 Å². The molecular weight excluding hydrogens is 366 g/mol. The van der Waals surface area contributed by atoms with E-state index in [1.807, 2.05) is 6.92 Å². The summed E-state index contributed by atoms with van der Waals surface area (Å²) in [5.74, 6) is 0.513. The second-order valence-electron chi connectivity index (χ2n) is 7.69. The molecule has 2 atom stereocenters. The molecule has 0 radical (unpaired) electrons. The number of nitrogens with zero attached hydrogens (tertiary/aromatic N) is 3. The number of hydrogen-bond acceptors (Lipinski definition) is 5. The van der Waals surface area contributed by atoms with Crippen LogP contribution in [-0.4, -0.2) is 44.3 Å². The molecule has 8 heteroatoms. The van der Waals surface area contributed by atoms with Crippen LogP contribution in [0.2, 0.25) is 0 Å². The fourth-order valence-electron chi connectivity index (χ4n) is 4.60. The predicted octanol–water partition coefficient (Wildman–Crippen LogP) is 3.32. The second kappa shape index (κ2) is 6.82. The van der Waals surface area contributed by atoms with E-state index in [2.05, 4.69) is 0 Å². The first-order chi connectivity index (χ1) is 12.9. The lowest BCUT2D eigenvalue weighted by molar-refractivity contribution is -0.384. The van der Waals surface area contributed by atoms with Gasteiger partial charge in [0.05, 0.1) is 15.5 Å². The number of carbonyl (C=O) groups excluding carboxylic acids is 2. The van der Waals surface area contributed by atoms with Crippen molar-refractivity contribution in [3.05, 3.63) is 34.4 Å². The minimum absolute atomic E-state index is 0.0221. The summed E-state index contributed by atoms with van der Waals surface area (Å²) in [6.07, 6.45) is 5.11. The van der Waals surface area contributed by atoms with E-state index in [4.69, 9.17) is 0 Å². The Labute approximate surface area is 162 Å². The van der Waals surface area contributed by atoms with Crippen LogP contribution in [0.1, 0.15) is 45.4 Å². The van der Waals surface area contributed by atoms with Gasteiger partial charge in [-0.3, -0.25) is 19.7 Å². The molecule has 27 heavy (non-hydrogen) atoms. The molecule has 4 rings (SSSR count). The minimum Gasteiger partial charge on any atom is -0.315 e. The molecule has 144 valence electrons. The van der Waals surface area contributed by atoms with Gasteiger partial charge in [-0.25, -0.2) is 0 Å². The Kier molecular flexibility index (Phi) is 4.61. The van der Waals surface area contributed by atoms with Gasteiger partial charge in [-0.05, 0) is 32.3 Å². The van der Waals surface area contributed by atoms with Crippen LogP contribution in [0.15, 0.2) is 24.3 Å². The summed E-state index contributed by atoms with van der Waals surface area (Å²) >= 11 is 1.67. The minimum atomic E-state index is -0.491. The highest BCUT2D eigenvalue weighted by Crippen LogP contribution is 2.48. The van der Waals surface area contributed by atoms with Crippen LogP contribution in [-0.2, 0) is 9.59 Å². The van der Waals surface area contributed by atoms with Crippen molar-refractivity contribution in [2.24, 2.45) is 0 Å². The summed E-state index contributed by atoms with van der Waals surface area (Å²) in [6, 6.07) is 5.84. The Balaban J connectivity index is 1.69. The molecule has 0 spiro atoms. The van der Waals surface area contributed by atoms with Gasteiger partial charge in [0, 0.05) is 30.3 Å². The molecule has 1 aromatic rings. The number of benzene rings is 1. The highest BCUT2D eigenvalue weighted by Gasteiger charge is 2.54. The number of hydrogen-bond donors (Lipinski definition) is 0. The molecule has 0 N–H and O–H groups in total.